The van der Waals surface area contributed by atoms with Crippen molar-refractivity contribution >= 4 is 22.8 Å². The highest BCUT2D eigenvalue weighted by Gasteiger charge is 2.28. The van der Waals surface area contributed by atoms with Crippen molar-refractivity contribution in [3.63, 3.8) is 0 Å². The maximum absolute atomic E-state index is 10.9. The molecule has 0 aliphatic carbocycles. The van der Waals surface area contributed by atoms with Gasteiger partial charge < -0.3 is 0 Å². The van der Waals surface area contributed by atoms with Gasteiger partial charge in [0.2, 0.25) is 0 Å². The summed E-state index contributed by atoms with van der Waals surface area (Å²) in [6, 6.07) is 0. The number of hydrogen-bond acceptors (Lipinski definition) is 4. The Morgan fingerprint density at radius 3 is 3.50 bits per heavy atom. The fourth-order valence-electron chi connectivity index (χ4n) is 0.793. The molecule has 0 saturated carbocycles. The fourth-order valence-corrected chi connectivity index (χ4v) is 1.59. The maximum atomic E-state index is 10.9. The van der Waals surface area contributed by atoms with E-state index in [1.165, 1.54) is 16.8 Å². The predicted octanol–water partition coefficient (Wildman–Crippen LogP) is -0.0928. The van der Waals surface area contributed by atoms with Crippen molar-refractivity contribution in [1.29, 1.82) is 0 Å². The Hall–Kier alpha value is -0.970. The summed E-state index contributed by atoms with van der Waals surface area (Å²) < 4.78 is 0. The standard InChI is InChI=1S/C5H5N3OS/c9-4-3-10-5-6-1-2-7-8(4)5/h1-2,7H,3H2. The maximum Gasteiger partial charge on any atom is 0.257 e. The van der Waals surface area contributed by atoms with Crippen molar-refractivity contribution in [3.05, 3.63) is 12.4 Å². The highest BCUT2D eigenvalue weighted by molar-refractivity contribution is 8.15. The number of amides is 1. The summed E-state index contributed by atoms with van der Waals surface area (Å²) in [6.45, 7) is 0. The summed E-state index contributed by atoms with van der Waals surface area (Å²) in [5.41, 5.74) is 2.78. The Kier molecular flexibility index (Phi) is 1.17. The number of thioether (sulfide) groups is 1. The largest absolute Gasteiger partial charge is 0.295 e. The van der Waals surface area contributed by atoms with Crippen molar-refractivity contribution < 1.29 is 4.79 Å². The molecule has 1 saturated heterocycles. The molecule has 1 fully saturated rings. The molecule has 2 heterocycles. The number of rotatable bonds is 0. The molecule has 1 amide bonds. The Balaban J connectivity index is 2.31. The topological polar surface area (TPSA) is 44.7 Å². The molecule has 0 unspecified atom stereocenters. The molecule has 4 nitrogen and oxygen atoms in total. The summed E-state index contributed by atoms with van der Waals surface area (Å²) in [6.07, 6.45) is 3.27. The van der Waals surface area contributed by atoms with Gasteiger partial charge >= 0.3 is 0 Å². The number of hydrogen-bond donors (Lipinski definition) is 1. The first kappa shape index (κ1) is 5.79. The second-order valence-corrected chi connectivity index (χ2v) is 2.82. The van der Waals surface area contributed by atoms with Crippen molar-refractivity contribution in [2.24, 2.45) is 4.99 Å². The molecule has 52 valence electrons. The van der Waals surface area contributed by atoms with Gasteiger partial charge in [-0.05, 0) is 0 Å². The zero-order valence-electron chi connectivity index (χ0n) is 5.07. The number of carbonyl (C=O) groups is 1. The van der Waals surface area contributed by atoms with Crippen LogP contribution < -0.4 is 5.43 Å². The molecule has 10 heavy (non-hydrogen) atoms. The van der Waals surface area contributed by atoms with Crippen LogP contribution in [0.2, 0.25) is 0 Å². The first-order chi connectivity index (χ1) is 4.88. The van der Waals surface area contributed by atoms with E-state index >= 15 is 0 Å². The van der Waals surface area contributed by atoms with E-state index in [1.54, 1.807) is 12.4 Å². The average Bonchev–Trinajstić information content (AvgIpc) is 2.34. The molecule has 0 aromatic heterocycles. The van der Waals surface area contributed by atoms with Crippen LogP contribution >= 0.6 is 11.8 Å². The van der Waals surface area contributed by atoms with Crippen molar-refractivity contribution in [1.82, 2.24) is 10.4 Å². The fraction of sp³-hybridized carbons (Fsp3) is 0.200. The third-order valence-corrected chi connectivity index (χ3v) is 2.17. The normalized spacial score (nSPS) is 22.2. The molecule has 2 rings (SSSR count). The Morgan fingerprint density at radius 2 is 2.70 bits per heavy atom. The summed E-state index contributed by atoms with van der Waals surface area (Å²) in [7, 11) is 0. The molecule has 0 bridgehead atoms. The van der Waals surface area contributed by atoms with Gasteiger partial charge in [0.25, 0.3) is 5.91 Å². The molecule has 2 aliphatic heterocycles. The predicted molar refractivity (Wildman–Crippen MR) is 39.0 cm³/mol. The number of carbonyl (C=O) groups excluding carboxylic acids is 1. The SMILES string of the molecule is O=C1CSC2=NC=CNN12. The Morgan fingerprint density at radius 1 is 1.80 bits per heavy atom. The lowest BCUT2D eigenvalue weighted by atomic mass is 10.7. The number of fused-ring (bicyclic) bond motifs is 1. The number of nitrogens with one attached hydrogen (secondary N) is 1. The van der Waals surface area contributed by atoms with Crippen LogP contribution in [0.25, 0.3) is 0 Å². The van der Waals surface area contributed by atoms with Crippen LogP contribution in [0.4, 0.5) is 0 Å². The summed E-state index contributed by atoms with van der Waals surface area (Å²) in [5.74, 6) is 0.557. The van der Waals surface area contributed by atoms with Gasteiger partial charge in [-0.15, -0.1) is 0 Å². The van der Waals surface area contributed by atoms with E-state index in [4.69, 9.17) is 0 Å². The number of amidine groups is 1. The smallest absolute Gasteiger partial charge is 0.257 e. The minimum atomic E-state index is 0.0631. The number of hydrazine groups is 1. The second-order valence-electron chi connectivity index (χ2n) is 1.87. The molecule has 0 atom stereocenters. The molecule has 0 spiro atoms. The van der Waals surface area contributed by atoms with Gasteiger partial charge in [0.1, 0.15) is 0 Å². The van der Waals surface area contributed by atoms with E-state index in [0.29, 0.717) is 5.75 Å². The molecular weight excluding hydrogens is 150 g/mol. The van der Waals surface area contributed by atoms with E-state index in [-0.39, 0.29) is 5.91 Å². The van der Waals surface area contributed by atoms with Gasteiger partial charge in [0, 0.05) is 12.4 Å². The molecular formula is C5H5N3OS. The van der Waals surface area contributed by atoms with E-state index in [1.807, 2.05) is 0 Å². The molecule has 0 aromatic carbocycles. The van der Waals surface area contributed by atoms with Crippen LogP contribution in [0.3, 0.4) is 0 Å². The summed E-state index contributed by atoms with van der Waals surface area (Å²) in [5, 5.41) is 2.19. The van der Waals surface area contributed by atoms with Crippen molar-refractivity contribution in [3.8, 4) is 0 Å². The van der Waals surface area contributed by atoms with E-state index in [2.05, 4.69) is 10.4 Å². The van der Waals surface area contributed by atoms with Gasteiger partial charge in [0.15, 0.2) is 5.17 Å². The van der Waals surface area contributed by atoms with Gasteiger partial charge in [-0.3, -0.25) is 10.2 Å². The van der Waals surface area contributed by atoms with Gasteiger partial charge in [-0.1, -0.05) is 11.8 Å². The first-order valence-corrected chi connectivity index (χ1v) is 3.81. The molecule has 1 N–H and O–H groups in total. The second kappa shape index (κ2) is 2.02. The van der Waals surface area contributed by atoms with Gasteiger partial charge in [-0.2, -0.15) is 5.01 Å². The molecule has 0 aromatic rings. The molecule has 0 radical (unpaired) electrons. The lowest BCUT2D eigenvalue weighted by Crippen LogP contribution is -2.40. The highest BCUT2D eigenvalue weighted by atomic mass is 32.2. The average molecular weight is 155 g/mol. The minimum Gasteiger partial charge on any atom is -0.295 e. The van der Waals surface area contributed by atoms with Crippen LogP contribution in [-0.4, -0.2) is 21.8 Å². The first-order valence-electron chi connectivity index (χ1n) is 2.83. The van der Waals surface area contributed by atoms with Crippen molar-refractivity contribution in [2.75, 3.05) is 5.75 Å². The highest BCUT2D eigenvalue weighted by Crippen LogP contribution is 2.18. The van der Waals surface area contributed by atoms with Crippen LogP contribution in [0.15, 0.2) is 17.4 Å². The summed E-state index contributed by atoms with van der Waals surface area (Å²) in [4.78, 5) is 14.9. The van der Waals surface area contributed by atoms with E-state index in [9.17, 15) is 4.79 Å². The quantitative estimate of drug-likeness (QED) is 0.531. The zero-order valence-corrected chi connectivity index (χ0v) is 5.89. The minimum absolute atomic E-state index is 0.0631. The van der Waals surface area contributed by atoms with Crippen LogP contribution in [0.1, 0.15) is 0 Å². The Bertz CT molecular complexity index is 235. The number of nitrogens with zero attached hydrogens (tertiary/aromatic N) is 2. The van der Waals surface area contributed by atoms with E-state index in [0.717, 1.165) is 5.17 Å². The Labute approximate surface area is 62.0 Å². The van der Waals surface area contributed by atoms with Crippen LogP contribution in [-0.2, 0) is 4.79 Å². The van der Waals surface area contributed by atoms with Crippen LogP contribution in [0, 0.1) is 0 Å². The zero-order chi connectivity index (χ0) is 6.97. The van der Waals surface area contributed by atoms with Gasteiger partial charge in [0.05, 0.1) is 5.75 Å². The van der Waals surface area contributed by atoms with E-state index < -0.39 is 0 Å². The number of aliphatic imine (C=N–C) groups is 1. The monoisotopic (exact) mass is 155 g/mol. The summed E-state index contributed by atoms with van der Waals surface area (Å²) >= 11 is 1.45. The molecule has 2 aliphatic rings. The lowest BCUT2D eigenvalue weighted by molar-refractivity contribution is -0.125. The third kappa shape index (κ3) is 0.706. The lowest BCUT2D eigenvalue weighted by Gasteiger charge is -2.16. The van der Waals surface area contributed by atoms with Gasteiger partial charge in [-0.25, -0.2) is 4.99 Å². The third-order valence-electron chi connectivity index (χ3n) is 1.23. The van der Waals surface area contributed by atoms with Crippen LogP contribution in [0.5, 0.6) is 0 Å². The van der Waals surface area contributed by atoms with Crippen molar-refractivity contribution in [2.45, 2.75) is 0 Å². The molecule has 5 heteroatoms.